The molecule has 0 aliphatic rings. The van der Waals surface area contributed by atoms with E-state index in [0.717, 1.165) is 5.56 Å². The molecule has 1 aromatic rings. The summed E-state index contributed by atoms with van der Waals surface area (Å²) in [5.41, 5.74) is 7.02. The van der Waals surface area contributed by atoms with Gasteiger partial charge in [-0.2, -0.15) is 0 Å². The maximum absolute atomic E-state index is 10.5. The van der Waals surface area contributed by atoms with Crippen LogP contribution in [0.4, 0.5) is 5.69 Å². The van der Waals surface area contributed by atoms with Crippen LogP contribution in [0, 0.1) is 0 Å². The molecule has 3 nitrogen and oxygen atoms in total. The van der Waals surface area contributed by atoms with Crippen LogP contribution in [0.3, 0.4) is 0 Å². The molecule has 1 rings (SSSR count). The highest BCUT2D eigenvalue weighted by atomic mass is 16.4. The van der Waals surface area contributed by atoms with Gasteiger partial charge in [0.1, 0.15) is 0 Å². The number of nitrogen functional groups attached to an aromatic ring is 1. The zero-order valence-corrected chi connectivity index (χ0v) is 8.26. The van der Waals surface area contributed by atoms with Crippen molar-refractivity contribution in [1.29, 1.82) is 0 Å². The number of rotatable bonds is 2. The van der Waals surface area contributed by atoms with Gasteiger partial charge in [0.15, 0.2) is 0 Å². The lowest BCUT2D eigenvalue weighted by Gasteiger charge is -1.91. The van der Waals surface area contributed by atoms with E-state index in [4.69, 9.17) is 10.8 Å². The molecule has 0 amide bonds. The second kappa shape index (κ2) is 5.65. The van der Waals surface area contributed by atoms with Crippen LogP contribution in [-0.4, -0.2) is 11.1 Å². The number of hydrogen-bond donors (Lipinski definition) is 2. The van der Waals surface area contributed by atoms with Crippen LogP contribution in [0.25, 0.3) is 0 Å². The topological polar surface area (TPSA) is 63.3 Å². The number of carbonyl (C=O) groups is 1. The zero-order chi connectivity index (χ0) is 11.1. The first-order valence-electron chi connectivity index (χ1n) is 4.58. The van der Waals surface area contributed by atoms with E-state index in [9.17, 15) is 4.79 Å². The van der Waals surface area contributed by atoms with E-state index in [0.29, 0.717) is 5.69 Å². The van der Waals surface area contributed by atoms with E-state index in [2.05, 4.69) is 0 Å². The minimum absolute atomic E-state index is 0.0217. The van der Waals surface area contributed by atoms with Crippen LogP contribution in [0.2, 0.25) is 0 Å². The predicted molar refractivity (Wildman–Crippen MR) is 59.8 cm³/mol. The minimum Gasteiger partial charge on any atom is -0.481 e. The normalized spacial score (nSPS) is 9.07. The van der Waals surface area contributed by atoms with Gasteiger partial charge in [-0.3, -0.25) is 4.79 Å². The molecule has 3 heteroatoms. The fourth-order valence-corrected chi connectivity index (χ4v) is 1.10. The zero-order valence-electron chi connectivity index (χ0n) is 8.26. The fraction of sp³-hybridized carbons (Fsp3) is 0.0833. The highest BCUT2D eigenvalue weighted by Gasteiger charge is 1.95. The first-order chi connectivity index (χ1) is 7.18. The maximum Gasteiger partial charge on any atom is 0.307 e. The Kier molecular flexibility index (Phi) is 4.16. The van der Waals surface area contributed by atoms with Gasteiger partial charge >= 0.3 is 5.97 Å². The van der Waals surface area contributed by atoms with Gasteiger partial charge in [-0.25, -0.2) is 0 Å². The summed E-state index contributed by atoms with van der Waals surface area (Å²) in [5, 5.41) is 8.65. The molecule has 0 heterocycles. The van der Waals surface area contributed by atoms with Gasteiger partial charge in [-0.1, -0.05) is 36.4 Å². The Morgan fingerprint density at radius 2 is 1.53 bits per heavy atom. The van der Waals surface area contributed by atoms with E-state index in [1.165, 1.54) is 0 Å². The molecule has 0 unspecified atom stereocenters. The van der Waals surface area contributed by atoms with Crippen LogP contribution >= 0.6 is 0 Å². The molecule has 0 aliphatic carbocycles. The number of nitrogens with two attached hydrogens (primary N) is 1. The van der Waals surface area contributed by atoms with Crippen molar-refractivity contribution in [3.05, 3.63) is 54.1 Å². The van der Waals surface area contributed by atoms with Gasteiger partial charge < -0.3 is 10.8 Å². The molecule has 0 aromatic heterocycles. The van der Waals surface area contributed by atoms with Crippen LogP contribution in [0.1, 0.15) is 5.56 Å². The molecule has 15 heavy (non-hydrogen) atoms. The SMILES string of the molecule is Nc1ccccc(CC(=O)O)cccc1. The van der Waals surface area contributed by atoms with Crippen molar-refractivity contribution >= 4 is 11.7 Å². The Hall–Kier alpha value is -2.03. The molecular weight excluding hydrogens is 190 g/mol. The van der Waals surface area contributed by atoms with Crippen molar-refractivity contribution in [2.45, 2.75) is 6.42 Å². The summed E-state index contributed by atoms with van der Waals surface area (Å²) in [7, 11) is 0. The monoisotopic (exact) mass is 203 g/mol. The Balaban J connectivity index is 3.07. The highest BCUT2D eigenvalue weighted by Crippen LogP contribution is 1.99. The van der Waals surface area contributed by atoms with Gasteiger partial charge in [-0.05, 0) is 17.7 Å². The summed E-state index contributed by atoms with van der Waals surface area (Å²) in [6.45, 7) is 0. The first-order valence-corrected chi connectivity index (χ1v) is 4.58. The quantitative estimate of drug-likeness (QED) is 0.772. The molecule has 0 atom stereocenters. The molecule has 0 radical (unpaired) electrons. The molecule has 1 aromatic carbocycles. The molecule has 0 aliphatic heterocycles. The van der Waals surface area contributed by atoms with Gasteiger partial charge in [-0.15, -0.1) is 0 Å². The summed E-state index contributed by atoms with van der Waals surface area (Å²) in [5.74, 6) is -0.838. The maximum atomic E-state index is 10.5. The summed E-state index contributed by atoms with van der Waals surface area (Å²) in [6, 6.07) is 14.1. The van der Waals surface area contributed by atoms with Gasteiger partial charge in [0.05, 0.1) is 6.42 Å². The Morgan fingerprint density at radius 3 is 2.00 bits per heavy atom. The summed E-state index contributed by atoms with van der Waals surface area (Å²) in [6.07, 6.45) is 0.0217. The molecule has 78 valence electrons. The van der Waals surface area contributed by atoms with Crippen molar-refractivity contribution in [3.8, 4) is 0 Å². The van der Waals surface area contributed by atoms with Crippen LogP contribution in [0.5, 0.6) is 0 Å². The number of carboxylic acids is 1. The third kappa shape index (κ3) is 4.67. The van der Waals surface area contributed by atoms with Crippen LogP contribution in [0.15, 0.2) is 48.5 Å². The average molecular weight is 203 g/mol. The lowest BCUT2D eigenvalue weighted by atomic mass is 10.2. The van der Waals surface area contributed by atoms with Crippen molar-refractivity contribution in [2.75, 3.05) is 5.73 Å². The third-order valence-corrected chi connectivity index (χ3v) is 1.78. The molecule has 3 N–H and O–H groups in total. The second-order valence-electron chi connectivity index (χ2n) is 3.08. The van der Waals surface area contributed by atoms with Crippen molar-refractivity contribution in [3.63, 3.8) is 0 Å². The fourth-order valence-electron chi connectivity index (χ4n) is 1.10. The van der Waals surface area contributed by atoms with Crippen LogP contribution in [-0.2, 0) is 11.2 Å². The van der Waals surface area contributed by atoms with Crippen molar-refractivity contribution < 1.29 is 9.90 Å². The van der Waals surface area contributed by atoms with E-state index in [-0.39, 0.29) is 6.42 Å². The number of hydrogen-bond acceptors (Lipinski definition) is 2. The molecule has 0 spiro atoms. The Bertz CT molecular complexity index is 373. The highest BCUT2D eigenvalue weighted by molar-refractivity contribution is 5.69. The first kappa shape index (κ1) is 11.0. The smallest absolute Gasteiger partial charge is 0.307 e. The average Bonchev–Trinajstić information content (AvgIpc) is 2.18. The van der Waals surface area contributed by atoms with Gasteiger partial charge in [0.2, 0.25) is 0 Å². The third-order valence-electron chi connectivity index (χ3n) is 1.78. The lowest BCUT2D eigenvalue weighted by Crippen LogP contribution is -1.98. The summed E-state index contributed by atoms with van der Waals surface area (Å²) < 4.78 is 0. The van der Waals surface area contributed by atoms with E-state index >= 15 is 0 Å². The molecule has 0 fully saturated rings. The standard InChI is InChI=1S/C12H13NO2/c13-11-7-3-1-5-10(9-12(14)15)6-2-4-8-11/h1-8H,9,13H2,(H,14,15). The van der Waals surface area contributed by atoms with E-state index in [1.807, 2.05) is 0 Å². The minimum atomic E-state index is -0.838. The predicted octanol–water partition coefficient (Wildman–Crippen LogP) is 2.02. The molecule has 0 saturated carbocycles. The van der Waals surface area contributed by atoms with Gasteiger partial charge in [0.25, 0.3) is 0 Å². The largest absolute Gasteiger partial charge is 0.481 e. The number of anilines is 1. The molecule has 0 saturated heterocycles. The van der Waals surface area contributed by atoms with Gasteiger partial charge in [0, 0.05) is 5.69 Å². The second-order valence-corrected chi connectivity index (χ2v) is 3.08. The van der Waals surface area contributed by atoms with Crippen molar-refractivity contribution in [2.24, 2.45) is 0 Å². The molecular formula is C12H13NO2. The van der Waals surface area contributed by atoms with E-state index in [1.54, 1.807) is 48.5 Å². The van der Waals surface area contributed by atoms with Crippen molar-refractivity contribution in [1.82, 2.24) is 0 Å². The number of aliphatic carboxylic acids is 1. The summed E-state index contributed by atoms with van der Waals surface area (Å²) in [4.78, 5) is 10.5. The summed E-state index contributed by atoms with van der Waals surface area (Å²) >= 11 is 0. The number of carboxylic acid groups (broad SMARTS) is 1. The Labute approximate surface area is 88.5 Å². The van der Waals surface area contributed by atoms with E-state index < -0.39 is 5.97 Å². The van der Waals surface area contributed by atoms with Crippen LogP contribution < -0.4 is 5.73 Å². The Morgan fingerprint density at radius 1 is 1.07 bits per heavy atom. The lowest BCUT2D eigenvalue weighted by molar-refractivity contribution is -0.136. The molecule has 0 bridgehead atoms.